The maximum atomic E-state index is 12.2. The molecule has 0 radical (unpaired) electrons. The van der Waals surface area contributed by atoms with Gasteiger partial charge in [0.1, 0.15) is 0 Å². The van der Waals surface area contributed by atoms with Gasteiger partial charge in [-0.15, -0.1) is 0 Å². The second-order valence-corrected chi connectivity index (χ2v) is 6.06. The van der Waals surface area contributed by atoms with Crippen molar-refractivity contribution in [2.75, 3.05) is 18.0 Å². The molecule has 0 bridgehead atoms. The first kappa shape index (κ1) is 18.3. The summed E-state index contributed by atoms with van der Waals surface area (Å²) in [7, 11) is 0. The fourth-order valence-electron chi connectivity index (χ4n) is 2.42. The minimum Gasteiger partial charge on any atom is -0.449 e. The van der Waals surface area contributed by atoms with Gasteiger partial charge in [0.25, 0.3) is 5.91 Å². The van der Waals surface area contributed by atoms with Crippen LogP contribution in [0.4, 0.5) is 5.69 Å². The first-order valence-electron chi connectivity index (χ1n) is 8.02. The summed E-state index contributed by atoms with van der Waals surface area (Å²) >= 11 is 6.15. The summed E-state index contributed by atoms with van der Waals surface area (Å²) in [5, 5.41) is 3.07. The van der Waals surface area contributed by atoms with Gasteiger partial charge in [-0.3, -0.25) is 9.59 Å². The molecule has 1 aliphatic heterocycles. The average Bonchev–Trinajstić information content (AvgIpc) is 2.98. The molecule has 7 heteroatoms. The lowest BCUT2D eigenvalue weighted by molar-refractivity contribution is -0.129. The molecule has 24 heavy (non-hydrogen) atoms. The number of anilines is 1. The molecule has 2 rings (SSSR count). The van der Waals surface area contributed by atoms with Gasteiger partial charge >= 0.3 is 5.97 Å². The zero-order valence-electron chi connectivity index (χ0n) is 13.8. The zero-order chi connectivity index (χ0) is 17.7. The van der Waals surface area contributed by atoms with Crippen LogP contribution in [0, 0.1) is 0 Å². The molecule has 1 saturated heterocycles. The Morgan fingerprint density at radius 2 is 2.17 bits per heavy atom. The van der Waals surface area contributed by atoms with E-state index >= 15 is 0 Å². The molecule has 1 heterocycles. The highest BCUT2D eigenvalue weighted by Crippen LogP contribution is 2.30. The second-order valence-electron chi connectivity index (χ2n) is 5.65. The van der Waals surface area contributed by atoms with Gasteiger partial charge in [-0.2, -0.15) is 0 Å². The molecule has 130 valence electrons. The van der Waals surface area contributed by atoms with Crippen LogP contribution in [0.3, 0.4) is 0 Å². The lowest BCUT2D eigenvalue weighted by Crippen LogP contribution is -2.36. The minimum atomic E-state index is -0.892. The summed E-state index contributed by atoms with van der Waals surface area (Å²) < 4.78 is 5.18. The smallest absolute Gasteiger partial charge is 0.338 e. The van der Waals surface area contributed by atoms with Crippen LogP contribution in [0.25, 0.3) is 0 Å². The zero-order valence-corrected chi connectivity index (χ0v) is 14.6. The van der Waals surface area contributed by atoms with Crippen molar-refractivity contribution in [3.8, 4) is 0 Å². The van der Waals surface area contributed by atoms with E-state index in [1.807, 2.05) is 6.92 Å². The number of amides is 2. The summed E-state index contributed by atoms with van der Waals surface area (Å²) in [5.74, 6) is -0.984. The van der Waals surface area contributed by atoms with Crippen molar-refractivity contribution >= 4 is 35.1 Å². The van der Waals surface area contributed by atoms with E-state index in [0.29, 0.717) is 30.2 Å². The van der Waals surface area contributed by atoms with Crippen molar-refractivity contribution < 1.29 is 19.1 Å². The number of hydrogen-bond donors (Lipinski definition) is 1. The molecule has 1 aliphatic rings. The van der Waals surface area contributed by atoms with Crippen molar-refractivity contribution in [3.05, 3.63) is 28.8 Å². The monoisotopic (exact) mass is 352 g/mol. The predicted molar refractivity (Wildman–Crippen MR) is 91.2 cm³/mol. The van der Waals surface area contributed by atoms with Crippen LogP contribution in [-0.2, 0) is 14.3 Å². The lowest BCUT2D eigenvalue weighted by atomic mass is 10.2. The molecule has 6 nitrogen and oxygen atoms in total. The fraction of sp³-hybridized carbons (Fsp3) is 0.471. The van der Waals surface area contributed by atoms with E-state index in [-0.39, 0.29) is 17.4 Å². The van der Waals surface area contributed by atoms with Crippen molar-refractivity contribution in [3.63, 3.8) is 0 Å². The number of carbonyl (C=O) groups is 3. The molecule has 1 atom stereocenters. The predicted octanol–water partition coefficient (Wildman–Crippen LogP) is 2.54. The van der Waals surface area contributed by atoms with E-state index < -0.39 is 12.1 Å². The lowest BCUT2D eigenvalue weighted by Gasteiger charge is -2.18. The molecule has 1 fully saturated rings. The number of ether oxygens (including phenoxy) is 1. The molecular weight excluding hydrogens is 332 g/mol. The van der Waals surface area contributed by atoms with E-state index in [0.717, 1.165) is 12.8 Å². The number of benzene rings is 1. The molecular formula is C17H21ClN2O4. The van der Waals surface area contributed by atoms with E-state index in [2.05, 4.69) is 5.32 Å². The van der Waals surface area contributed by atoms with Crippen molar-refractivity contribution in [1.82, 2.24) is 5.32 Å². The van der Waals surface area contributed by atoms with E-state index in [4.69, 9.17) is 16.3 Å². The molecule has 0 spiro atoms. The van der Waals surface area contributed by atoms with Gasteiger partial charge in [0, 0.05) is 19.5 Å². The van der Waals surface area contributed by atoms with Crippen LogP contribution in [0.2, 0.25) is 5.02 Å². The van der Waals surface area contributed by atoms with Gasteiger partial charge in [0.05, 0.1) is 16.3 Å². The van der Waals surface area contributed by atoms with Gasteiger partial charge in [0.2, 0.25) is 5.91 Å². The third-order valence-electron chi connectivity index (χ3n) is 3.75. The topological polar surface area (TPSA) is 75.7 Å². The Morgan fingerprint density at radius 3 is 2.79 bits per heavy atom. The first-order chi connectivity index (χ1) is 11.4. The van der Waals surface area contributed by atoms with Crippen molar-refractivity contribution in [2.24, 2.45) is 0 Å². The summed E-state index contributed by atoms with van der Waals surface area (Å²) in [6.45, 7) is 4.56. The van der Waals surface area contributed by atoms with E-state index in [1.165, 1.54) is 19.1 Å². The number of hydrogen-bond acceptors (Lipinski definition) is 4. The largest absolute Gasteiger partial charge is 0.449 e. The number of nitrogens with zero attached hydrogens (tertiary/aromatic N) is 1. The molecule has 1 aromatic rings. The number of rotatable bonds is 6. The maximum Gasteiger partial charge on any atom is 0.338 e. The highest BCUT2D eigenvalue weighted by atomic mass is 35.5. The Morgan fingerprint density at radius 1 is 1.42 bits per heavy atom. The summed E-state index contributed by atoms with van der Waals surface area (Å²) in [6, 6.07) is 4.61. The van der Waals surface area contributed by atoms with E-state index in [1.54, 1.807) is 11.0 Å². The van der Waals surface area contributed by atoms with Gasteiger partial charge in [-0.05, 0) is 38.0 Å². The molecule has 0 aromatic heterocycles. The summed E-state index contributed by atoms with van der Waals surface area (Å²) in [5.41, 5.74) is 0.751. The second kappa shape index (κ2) is 8.15. The van der Waals surface area contributed by atoms with Crippen LogP contribution >= 0.6 is 11.6 Å². The van der Waals surface area contributed by atoms with Gasteiger partial charge in [-0.1, -0.05) is 18.5 Å². The SMILES string of the molecule is CCCNC(=O)[C@@H](C)OC(=O)c1ccc(Cl)c(N2CCCC2=O)c1. The molecule has 2 amide bonds. The Labute approximate surface area is 146 Å². The Kier molecular flexibility index (Phi) is 6.20. The molecule has 0 saturated carbocycles. The van der Waals surface area contributed by atoms with Crippen LogP contribution in [0.1, 0.15) is 43.5 Å². The van der Waals surface area contributed by atoms with Gasteiger partial charge < -0.3 is 15.0 Å². The van der Waals surface area contributed by atoms with Crippen LogP contribution < -0.4 is 10.2 Å². The van der Waals surface area contributed by atoms with Crippen LogP contribution in [0.15, 0.2) is 18.2 Å². The normalized spacial score (nSPS) is 15.3. The number of esters is 1. The van der Waals surface area contributed by atoms with Crippen LogP contribution in [-0.4, -0.2) is 37.0 Å². The Hall–Kier alpha value is -2.08. The summed E-state index contributed by atoms with van der Waals surface area (Å²) in [6.07, 6.45) is 1.14. The highest BCUT2D eigenvalue weighted by molar-refractivity contribution is 6.34. The third kappa shape index (κ3) is 4.26. The minimum absolute atomic E-state index is 0.0188. The molecule has 1 aromatic carbocycles. The third-order valence-corrected chi connectivity index (χ3v) is 4.07. The number of carbonyl (C=O) groups excluding carboxylic acids is 3. The standard InChI is InChI=1S/C17H21ClN2O4/c1-3-8-19-16(22)11(2)24-17(23)12-6-7-13(18)14(10-12)20-9-4-5-15(20)21/h6-7,10-11H,3-5,8-9H2,1-2H3,(H,19,22)/t11-/m1/s1. The number of nitrogens with one attached hydrogen (secondary N) is 1. The Balaban J connectivity index is 2.10. The highest BCUT2D eigenvalue weighted by Gasteiger charge is 2.25. The quantitative estimate of drug-likeness (QED) is 0.798. The van der Waals surface area contributed by atoms with Crippen molar-refractivity contribution in [1.29, 1.82) is 0 Å². The Bertz CT molecular complexity index is 647. The van der Waals surface area contributed by atoms with E-state index in [9.17, 15) is 14.4 Å². The van der Waals surface area contributed by atoms with Gasteiger partial charge in [-0.25, -0.2) is 4.79 Å². The first-order valence-corrected chi connectivity index (χ1v) is 8.40. The van der Waals surface area contributed by atoms with Gasteiger partial charge in [0.15, 0.2) is 6.10 Å². The van der Waals surface area contributed by atoms with Crippen LogP contribution in [0.5, 0.6) is 0 Å². The molecule has 0 aliphatic carbocycles. The van der Waals surface area contributed by atoms with Crippen molar-refractivity contribution in [2.45, 2.75) is 39.2 Å². The average molecular weight is 353 g/mol. The summed E-state index contributed by atoms with van der Waals surface area (Å²) in [4.78, 5) is 37.5. The molecule has 0 unspecified atom stereocenters. The maximum absolute atomic E-state index is 12.2. The number of halogens is 1. The molecule has 1 N–H and O–H groups in total. The fourth-order valence-corrected chi connectivity index (χ4v) is 2.64.